The number of hydrogen-bond acceptors (Lipinski definition) is 3. The molecule has 1 atom stereocenters. The lowest BCUT2D eigenvalue weighted by atomic mass is 10.1. The van der Waals surface area contributed by atoms with Crippen molar-refractivity contribution in [3.05, 3.63) is 34.9 Å². The summed E-state index contributed by atoms with van der Waals surface area (Å²) >= 11 is 5.74. The van der Waals surface area contributed by atoms with E-state index >= 15 is 0 Å². The molecule has 3 N–H and O–H groups in total. The zero-order valence-corrected chi connectivity index (χ0v) is 10.5. The lowest BCUT2D eigenvalue weighted by Gasteiger charge is -2.11. The van der Waals surface area contributed by atoms with Crippen molar-refractivity contribution in [1.82, 2.24) is 5.32 Å². The van der Waals surface area contributed by atoms with Crippen LogP contribution in [0.2, 0.25) is 5.02 Å². The molecule has 0 saturated heterocycles. The van der Waals surface area contributed by atoms with Crippen LogP contribution in [-0.4, -0.2) is 29.9 Å². The van der Waals surface area contributed by atoms with Gasteiger partial charge in [0.2, 0.25) is 0 Å². The van der Waals surface area contributed by atoms with Gasteiger partial charge >= 0.3 is 0 Å². The van der Waals surface area contributed by atoms with Gasteiger partial charge in [0.15, 0.2) is 0 Å². The Labute approximate surface area is 107 Å². The third kappa shape index (κ3) is 5.68. The third-order valence-electron chi connectivity index (χ3n) is 2.10. The third-order valence-corrected chi connectivity index (χ3v) is 2.36. The number of rotatable bonds is 6. The quantitative estimate of drug-likeness (QED) is 0.688. The predicted molar refractivity (Wildman–Crippen MR) is 68.2 cm³/mol. The summed E-state index contributed by atoms with van der Waals surface area (Å²) in [6.07, 6.45) is 0.175. The van der Waals surface area contributed by atoms with Crippen molar-refractivity contribution >= 4 is 24.0 Å². The molecule has 16 heavy (non-hydrogen) atoms. The molecule has 0 saturated carbocycles. The number of aliphatic hydroxyl groups is 2. The Kier molecular flexibility index (Phi) is 8.61. The second kappa shape index (κ2) is 8.79. The van der Waals surface area contributed by atoms with Gasteiger partial charge in [-0.2, -0.15) is 0 Å². The molecule has 0 radical (unpaired) electrons. The average molecular weight is 266 g/mol. The van der Waals surface area contributed by atoms with Crippen LogP contribution in [0.1, 0.15) is 18.1 Å². The van der Waals surface area contributed by atoms with Crippen molar-refractivity contribution in [3.63, 3.8) is 0 Å². The minimum Gasteiger partial charge on any atom is -0.396 e. The van der Waals surface area contributed by atoms with Gasteiger partial charge in [0.05, 0.1) is 6.10 Å². The number of benzene rings is 1. The van der Waals surface area contributed by atoms with Crippen LogP contribution in [0.3, 0.4) is 0 Å². The van der Waals surface area contributed by atoms with E-state index in [0.29, 0.717) is 24.5 Å². The Balaban J connectivity index is 0.00000225. The summed E-state index contributed by atoms with van der Waals surface area (Å²) in [6, 6.07) is 7.13. The summed E-state index contributed by atoms with van der Waals surface area (Å²) in [5.41, 5.74) is 0.843. The Morgan fingerprint density at radius 1 is 1.25 bits per heavy atom. The first-order chi connectivity index (χ1) is 7.24. The molecule has 0 aliphatic rings. The highest BCUT2D eigenvalue weighted by atomic mass is 35.5. The zero-order chi connectivity index (χ0) is 11.1. The summed E-state index contributed by atoms with van der Waals surface area (Å²) in [5.74, 6) is 0. The van der Waals surface area contributed by atoms with Crippen molar-refractivity contribution in [2.45, 2.75) is 12.5 Å². The molecule has 1 rings (SSSR count). The Hall–Kier alpha value is -0.320. The van der Waals surface area contributed by atoms with Crippen LogP contribution < -0.4 is 5.32 Å². The maximum Gasteiger partial charge on any atom is 0.0914 e. The monoisotopic (exact) mass is 265 g/mol. The van der Waals surface area contributed by atoms with Crippen LogP contribution in [0, 0.1) is 0 Å². The van der Waals surface area contributed by atoms with E-state index < -0.39 is 6.10 Å². The van der Waals surface area contributed by atoms with Crippen molar-refractivity contribution in [2.24, 2.45) is 0 Å². The molecule has 0 unspecified atom stereocenters. The minimum absolute atomic E-state index is 0. The van der Waals surface area contributed by atoms with Crippen molar-refractivity contribution in [3.8, 4) is 0 Å². The number of nitrogens with one attached hydrogen (secondary N) is 1. The second-order valence-corrected chi connectivity index (χ2v) is 3.79. The summed E-state index contributed by atoms with van der Waals surface area (Å²) in [4.78, 5) is 0. The Morgan fingerprint density at radius 2 is 1.88 bits per heavy atom. The van der Waals surface area contributed by atoms with E-state index in [9.17, 15) is 5.11 Å². The molecule has 0 bridgehead atoms. The largest absolute Gasteiger partial charge is 0.396 e. The van der Waals surface area contributed by atoms with Gasteiger partial charge in [-0.1, -0.05) is 23.7 Å². The number of hydrogen-bond donors (Lipinski definition) is 3. The lowest BCUT2D eigenvalue weighted by molar-refractivity contribution is 0.173. The van der Waals surface area contributed by atoms with Crippen LogP contribution in [0.5, 0.6) is 0 Å². The molecule has 0 aliphatic heterocycles. The predicted octanol–water partition coefficient (Wildman–Crippen LogP) is 1.77. The van der Waals surface area contributed by atoms with Crippen molar-refractivity contribution in [2.75, 3.05) is 19.7 Å². The maximum absolute atomic E-state index is 9.74. The highest BCUT2D eigenvalue weighted by Crippen LogP contribution is 2.15. The fraction of sp³-hybridized carbons (Fsp3) is 0.455. The minimum atomic E-state index is -0.527. The Bertz CT molecular complexity index is 280. The van der Waals surface area contributed by atoms with Crippen LogP contribution in [0.4, 0.5) is 0 Å². The van der Waals surface area contributed by atoms with E-state index in [2.05, 4.69) is 5.32 Å². The molecular weight excluding hydrogens is 249 g/mol. The molecule has 3 nitrogen and oxygen atoms in total. The molecule has 1 aromatic rings. The SMILES string of the molecule is Cl.OCCCNC[C@H](O)c1ccc(Cl)cc1. The first kappa shape index (κ1) is 15.7. The van der Waals surface area contributed by atoms with Crippen molar-refractivity contribution in [1.29, 1.82) is 0 Å². The highest BCUT2D eigenvalue weighted by Gasteiger charge is 2.05. The first-order valence-electron chi connectivity index (χ1n) is 4.99. The van der Waals surface area contributed by atoms with Crippen LogP contribution in [0.25, 0.3) is 0 Å². The molecule has 5 heteroatoms. The summed E-state index contributed by atoms with van der Waals surface area (Å²) in [7, 11) is 0. The summed E-state index contributed by atoms with van der Waals surface area (Å²) in [6.45, 7) is 1.37. The fourth-order valence-electron chi connectivity index (χ4n) is 1.25. The smallest absolute Gasteiger partial charge is 0.0914 e. The number of aliphatic hydroxyl groups excluding tert-OH is 2. The van der Waals surface area contributed by atoms with Gasteiger partial charge in [-0.25, -0.2) is 0 Å². The van der Waals surface area contributed by atoms with E-state index in [4.69, 9.17) is 16.7 Å². The van der Waals surface area contributed by atoms with Gasteiger partial charge in [-0.3, -0.25) is 0 Å². The number of halogens is 2. The standard InChI is InChI=1S/C11H16ClNO2.ClH/c12-10-4-2-9(3-5-10)11(15)8-13-6-1-7-14;/h2-5,11,13-15H,1,6-8H2;1H/t11-;/m0./s1. The molecule has 0 aliphatic carbocycles. The molecule has 0 fully saturated rings. The van der Waals surface area contributed by atoms with Gasteiger partial charge in [0.1, 0.15) is 0 Å². The molecule has 0 spiro atoms. The molecule has 92 valence electrons. The first-order valence-corrected chi connectivity index (χ1v) is 5.37. The van der Waals surface area contributed by atoms with Crippen LogP contribution in [-0.2, 0) is 0 Å². The summed E-state index contributed by atoms with van der Waals surface area (Å²) in [5, 5.41) is 22.0. The topological polar surface area (TPSA) is 52.5 Å². The zero-order valence-electron chi connectivity index (χ0n) is 8.90. The molecule has 1 aromatic carbocycles. The van der Waals surface area contributed by atoms with E-state index in [0.717, 1.165) is 5.56 Å². The van der Waals surface area contributed by atoms with E-state index in [-0.39, 0.29) is 19.0 Å². The molecular formula is C11H17Cl2NO2. The van der Waals surface area contributed by atoms with E-state index in [1.807, 2.05) is 0 Å². The van der Waals surface area contributed by atoms with E-state index in [1.165, 1.54) is 0 Å². The van der Waals surface area contributed by atoms with Crippen LogP contribution in [0.15, 0.2) is 24.3 Å². The average Bonchev–Trinajstić information content (AvgIpc) is 2.25. The second-order valence-electron chi connectivity index (χ2n) is 3.35. The molecule has 0 amide bonds. The molecule has 0 heterocycles. The van der Waals surface area contributed by atoms with Crippen molar-refractivity contribution < 1.29 is 10.2 Å². The highest BCUT2D eigenvalue weighted by molar-refractivity contribution is 6.30. The van der Waals surface area contributed by atoms with E-state index in [1.54, 1.807) is 24.3 Å². The van der Waals surface area contributed by atoms with Gasteiger partial charge in [-0.05, 0) is 30.7 Å². The maximum atomic E-state index is 9.74. The lowest BCUT2D eigenvalue weighted by Crippen LogP contribution is -2.23. The van der Waals surface area contributed by atoms with Gasteiger partial charge < -0.3 is 15.5 Å². The van der Waals surface area contributed by atoms with Crippen LogP contribution >= 0.6 is 24.0 Å². The molecule has 0 aromatic heterocycles. The fourth-order valence-corrected chi connectivity index (χ4v) is 1.37. The summed E-state index contributed by atoms with van der Waals surface area (Å²) < 4.78 is 0. The normalized spacial score (nSPS) is 11.9. The Morgan fingerprint density at radius 3 is 2.44 bits per heavy atom. The van der Waals surface area contributed by atoms with Gasteiger partial charge in [0.25, 0.3) is 0 Å². The van der Waals surface area contributed by atoms with Gasteiger partial charge in [-0.15, -0.1) is 12.4 Å². The van der Waals surface area contributed by atoms with Gasteiger partial charge in [0, 0.05) is 18.2 Å².